The van der Waals surface area contributed by atoms with E-state index in [0.717, 1.165) is 38.2 Å². The van der Waals surface area contributed by atoms with Gasteiger partial charge in [-0.15, -0.1) is 11.8 Å². The second kappa shape index (κ2) is 4.94. The lowest BCUT2D eigenvalue weighted by atomic mass is 10.0. The van der Waals surface area contributed by atoms with E-state index in [0.29, 0.717) is 0 Å². The molecule has 2 saturated heterocycles. The van der Waals surface area contributed by atoms with Crippen molar-refractivity contribution in [2.75, 3.05) is 32.5 Å². The van der Waals surface area contributed by atoms with E-state index >= 15 is 0 Å². The summed E-state index contributed by atoms with van der Waals surface area (Å²) in [6.07, 6.45) is 2.25. The van der Waals surface area contributed by atoms with Crippen LogP contribution in [0.2, 0.25) is 0 Å². The highest BCUT2D eigenvalue weighted by atomic mass is 32.2. The molecule has 0 aromatic carbocycles. The van der Waals surface area contributed by atoms with Crippen LogP contribution in [0.4, 0.5) is 0 Å². The number of carbonyl (C=O) groups excluding carboxylic acids is 1. The first-order chi connectivity index (χ1) is 7.69. The maximum Gasteiger partial charge on any atom is 0.323 e. The van der Waals surface area contributed by atoms with Gasteiger partial charge in [0.05, 0.1) is 12.0 Å². The van der Waals surface area contributed by atoms with Gasteiger partial charge in [-0.3, -0.25) is 10.1 Å². The Balaban J connectivity index is 1.90. The SMILES string of the molecule is CCN1CCC2(CC1)NC(C(=O)OC)CS2. The number of thioether (sulfide) groups is 1. The number of hydrogen-bond acceptors (Lipinski definition) is 5. The molecule has 1 unspecified atom stereocenters. The molecule has 0 aliphatic carbocycles. The van der Waals surface area contributed by atoms with Gasteiger partial charge in [-0.2, -0.15) is 0 Å². The van der Waals surface area contributed by atoms with Crippen molar-refractivity contribution in [2.45, 2.75) is 30.7 Å². The first kappa shape index (κ1) is 12.2. The third-order valence-corrected chi connectivity index (χ3v) is 5.14. The Labute approximate surface area is 101 Å². The van der Waals surface area contributed by atoms with E-state index in [-0.39, 0.29) is 16.9 Å². The standard InChI is InChI=1S/C11H20N2O2S/c1-3-13-6-4-11(5-7-13)12-9(8-16-11)10(14)15-2/h9,12H,3-8H2,1-2H3. The van der Waals surface area contributed by atoms with Crippen molar-refractivity contribution in [3.63, 3.8) is 0 Å². The highest BCUT2D eigenvalue weighted by Gasteiger charge is 2.43. The summed E-state index contributed by atoms with van der Waals surface area (Å²) in [6.45, 7) is 5.58. The van der Waals surface area contributed by atoms with Crippen LogP contribution in [0, 0.1) is 0 Å². The molecular weight excluding hydrogens is 224 g/mol. The monoisotopic (exact) mass is 244 g/mol. The predicted octanol–water partition coefficient (Wildman–Crippen LogP) is 0.676. The van der Waals surface area contributed by atoms with Crippen LogP contribution in [-0.2, 0) is 9.53 Å². The zero-order valence-electron chi connectivity index (χ0n) is 9.99. The topological polar surface area (TPSA) is 41.6 Å². The predicted molar refractivity (Wildman–Crippen MR) is 65.5 cm³/mol. The molecule has 2 rings (SSSR count). The van der Waals surface area contributed by atoms with Gasteiger partial charge in [-0.1, -0.05) is 6.92 Å². The van der Waals surface area contributed by atoms with E-state index in [1.165, 1.54) is 7.11 Å². The van der Waals surface area contributed by atoms with Gasteiger partial charge in [0.1, 0.15) is 6.04 Å². The van der Waals surface area contributed by atoms with Crippen molar-refractivity contribution in [3.05, 3.63) is 0 Å². The van der Waals surface area contributed by atoms with E-state index < -0.39 is 0 Å². The van der Waals surface area contributed by atoms with Gasteiger partial charge >= 0.3 is 5.97 Å². The molecule has 5 heteroatoms. The van der Waals surface area contributed by atoms with Gasteiger partial charge in [0, 0.05) is 18.8 Å². The van der Waals surface area contributed by atoms with Gasteiger partial charge in [-0.05, 0) is 19.4 Å². The molecule has 16 heavy (non-hydrogen) atoms. The molecule has 2 aliphatic heterocycles. The van der Waals surface area contributed by atoms with Crippen LogP contribution in [0.25, 0.3) is 0 Å². The lowest BCUT2D eigenvalue weighted by Gasteiger charge is -2.38. The summed E-state index contributed by atoms with van der Waals surface area (Å²) in [6, 6.07) is -0.108. The third kappa shape index (κ3) is 2.36. The van der Waals surface area contributed by atoms with Crippen LogP contribution in [-0.4, -0.2) is 54.3 Å². The maximum atomic E-state index is 11.5. The molecular formula is C11H20N2O2S. The van der Waals surface area contributed by atoms with Crippen LogP contribution >= 0.6 is 11.8 Å². The van der Waals surface area contributed by atoms with Crippen molar-refractivity contribution in [1.82, 2.24) is 10.2 Å². The molecule has 0 aromatic heterocycles. The fourth-order valence-corrected chi connectivity index (χ4v) is 3.83. The Morgan fingerprint density at radius 1 is 1.56 bits per heavy atom. The fourth-order valence-electron chi connectivity index (χ4n) is 2.43. The zero-order chi connectivity index (χ0) is 11.6. The van der Waals surface area contributed by atoms with Crippen molar-refractivity contribution in [3.8, 4) is 0 Å². The summed E-state index contributed by atoms with van der Waals surface area (Å²) in [4.78, 5) is 14.0. The van der Waals surface area contributed by atoms with E-state index in [1.807, 2.05) is 11.8 Å². The molecule has 1 atom stereocenters. The van der Waals surface area contributed by atoms with E-state index in [9.17, 15) is 4.79 Å². The van der Waals surface area contributed by atoms with Crippen LogP contribution in [0.5, 0.6) is 0 Å². The summed E-state index contributed by atoms with van der Waals surface area (Å²) in [5.41, 5.74) is 0. The largest absolute Gasteiger partial charge is 0.468 e. The second-order valence-corrected chi connectivity index (χ2v) is 5.86. The number of nitrogens with zero attached hydrogens (tertiary/aromatic N) is 1. The highest BCUT2D eigenvalue weighted by molar-refractivity contribution is 8.01. The number of hydrogen-bond donors (Lipinski definition) is 1. The average Bonchev–Trinajstić information content (AvgIpc) is 2.73. The number of methoxy groups -OCH3 is 1. The molecule has 2 heterocycles. The van der Waals surface area contributed by atoms with Gasteiger partial charge in [0.2, 0.25) is 0 Å². The number of nitrogens with one attached hydrogen (secondary N) is 1. The minimum Gasteiger partial charge on any atom is -0.468 e. The minimum atomic E-state index is -0.123. The molecule has 0 radical (unpaired) electrons. The minimum absolute atomic E-state index is 0.108. The van der Waals surface area contributed by atoms with Crippen LogP contribution in [0.15, 0.2) is 0 Å². The first-order valence-corrected chi connectivity index (χ1v) is 6.89. The summed E-state index contributed by atoms with van der Waals surface area (Å²) >= 11 is 1.89. The number of rotatable bonds is 2. The summed E-state index contributed by atoms with van der Waals surface area (Å²) < 4.78 is 4.79. The van der Waals surface area contributed by atoms with Gasteiger partial charge in [0.25, 0.3) is 0 Å². The quantitative estimate of drug-likeness (QED) is 0.723. The Hall–Kier alpha value is -0.260. The van der Waals surface area contributed by atoms with Gasteiger partial charge in [0.15, 0.2) is 0 Å². The smallest absolute Gasteiger partial charge is 0.323 e. The Kier molecular flexibility index (Phi) is 3.77. The number of carbonyl (C=O) groups is 1. The number of likely N-dealkylation sites (tertiary alicyclic amines) is 1. The first-order valence-electron chi connectivity index (χ1n) is 5.91. The fraction of sp³-hybridized carbons (Fsp3) is 0.909. The summed E-state index contributed by atoms with van der Waals surface area (Å²) in [7, 11) is 1.46. The Morgan fingerprint density at radius 2 is 2.25 bits per heavy atom. The molecule has 2 fully saturated rings. The van der Waals surface area contributed by atoms with Crippen LogP contribution < -0.4 is 5.32 Å². The third-order valence-electron chi connectivity index (χ3n) is 3.56. The zero-order valence-corrected chi connectivity index (χ0v) is 10.8. The Bertz CT molecular complexity index is 265. The van der Waals surface area contributed by atoms with Crippen molar-refractivity contribution >= 4 is 17.7 Å². The lowest BCUT2D eigenvalue weighted by Crippen LogP contribution is -2.51. The van der Waals surface area contributed by atoms with Crippen molar-refractivity contribution < 1.29 is 9.53 Å². The molecule has 92 valence electrons. The molecule has 1 spiro atoms. The molecule has 0 saturated carbocycles. The van der Waals surface area contributed by atoms with E-state index in [4.69, 9.17) is 4.74 Å². The second-order valence-electron chi connectivity index (χ2n) is 4.46. The number of esters is 1. The molecule has 0 aromatic rings. The van der Waals surface area contributed by atoms with Crippen molar-refractivity contribution in [2.24, 2.45) is 0 Å². The van der Waals surface area contributed by atoms with E-state index in [2.05, 4.69) is 17.1 Å². The Morgan fingerprint density at radius 3 is 2.81 bits per heavy atom. The number of ether oxygens (including phenoxy) is 1. The molecule has 0 amide bonds. The molecule has 2 aliphatic rings. The molecule has 4 nitrogen and oxygen atoms in total. The lowest BCUT2D eigenvalue weighted by molar-refractivity contribution is -0.142. The van der Waals surface area contributed by atoms with Gasteiger partial charge < -0.3 is 9.64 Å². The molecule has 0 bridgehead atoms. The van der Waals surface area contributed by atoms with E-state index in [1.54, 1.807) is 0 Å². The molecule has 1 N–H and O–H groups in total. The van der Waals surface area contributed by atoms with Crippen molar-refractivity contribution in [1.29, 1.82) is 0 Å². The normalized spacial score (nSPS) is 29.5. The number of piperidine rings is 1. The summed E-state index contributed by atoms with van der Waals surface area (Å²) in [5.74, 6) is 0.723. The highest BCUT2D eigenvalue weighted by Crippen LogP contribution is 2.39. The van der Waals surface area contributed by atoms with Crippen LogP contribution in [0.1, 0.15) is 19.8 Å². The summed E-state index contributed by atoms with van der Waals surface area (Å²) in [5, 5.41) is 3.46. The van der Waals surface area contributed by atoms with Crippen LogP contribution in [0.3, 0.4) is 0 Å². The maximum absolute atomic E-state index is 11.5. The van der Waals surface area contributed by atoms with Gasteiger partial charge in [-0.25, -0.2) is 0 Å². The average molecular weight is 244 g/mol.